The van der Waals surface area contributed by atoms with E-state index in [4.69, 9.17) is 14.7 Å². The van der Waals surface area contributed by atoms with Crippen molar-refractivity contribution >= 4 is 28.3 Å². The maximum Gasteiger partial charge on any atom is 0.274 e. The number of pyridine rings is 3. The lowest BCUT2D eigenvalue weighted by atomic mass is 9.86. The van der Waals surface area contributed by atoms with Crippen molar-refractivity contribution in [2.75, 3.05) is 23.9 Å². The van der Waals surface area contributed by atoms with Crippen molar-refractivity contribution in [3.8, 4) is 22.9 Å². The summed E-state index contributed by atoms with van der Waals surface area (Å²) in [5.74, 6) is 1.36. The minimum atomic E-state index is -0.723. The van der Waals surface area contributed by atoms with E-state index in [2.05, 4.69) is 46.4 Å². The number of rotatable bonds is 9. The number of benzene rings is 2. The molecule has 1 amide bonds. The average molecular weight is 571 g/mol. The maximum atomic E-state index is 13.1. The lowest BCUT2D eigenvalue weighted by Gasteiger charge is -2.22. The summed E-state index contributed by atoms with van der Waals surface area (Å²) in [5.41, 5.74) is 5.88. The molecule has 5 rings (SSSR count). The summed E-state index contributed by atoms with van der Waals surface area (Å²) in [4.78, 5) is 29.0. The van der Waals surface area contributed by atoms with Crippen LogP contribution in [0.25, 0.3) is 22.0 Å². The lowest BCUT2D eigenvalue weighted by molar-refractivity contribution is 0.102. The first-order valence-electron chi connectivity index (χ1n) is 14.1. The second-order valence-corrected chi connectivity index (χ2v) is 11.0. The molecule has 43 heavy (non-hydrogen) atoms. The number of aryl methyl sites for hydroxylation is 1. The monoisotopic (exact) mass is 570 g/mol. The van der Waals surface area contributed by atoms with Crippen molar-refractivity contribution in [3.05, 3.63) is 108 Å². The third kappa shape index (κ3) is 6.47. The fourth-order valence-electron chi connectivity index (χ4n) is 4.85. The molecule has 2 aromatic carbocycles. The zero-order valence-corrected chi connectivity index (χ0v) is 25.0. The quantitative estimate of drug-likeness (QED) is 0.202. The highest BCUT2D eigenvalue weighted by Gasteiger charge is 2.21. The molecule has 0 saturated heterocycles. The Morgan fingerprint density at radius 2 is 1.79 bits per heavy atom. The van der Waals surface area contributed by atoms with Gasteiger partial charge < -0.3 is 15.0 Å². The molecule has 3 aromatic heterocycles. The highest BCUT2D eigenvalue weighted by molar-refractivity contribution is 6.03. The van der Waals surface area contributed by atoms with Crippen LogP contribution in [0.15, 0.2) is 85.3 Å². The van der Waals surface area contributed by atoms with Crippen LogP contribution in [0.3, 0.4) is 0 Å². The van der Waals surface area contributed by atoms with E-state index >= 15 is 0 Å². The molecule has 0 aliphatic rings. The summed E-state index contributed by atoms with van der Waals surface area (Å²) in [6.07, 6.45) is 5.28. The Morgan fingerprint density at radius 1 is 1.00 bits per heavy atom. The van der Waals surface area contributed by atoms with Gasteiger partial charge >= 0.3 is 0 Å². The van der Waals surface area contributed by atoms with E-state index in [0.29, 0.717) is 5.69 Å². The van der Waals surface area contributed by atoms with E-state index in [9.17, 15) is 10.1 Å². The van der Waals surface area contributed by atoms with Crippen LogP contribution >= 0.6 is 0 Å². The average Bonchev–Trinajstić information content (AvgIpc) is 3.04. The number of methoxy groups -OCH3 is 1. The highest BCUT2D eigenvalue weighted by Crippen LogP contribution is 2.30. The molecule has 0 aliphatic carbocycles. The summed E-state index contributed by atoms with van der Waals surface area (Å²) < 4.78 is 5.28. The van der Waals surface area contributed by atoms with Gasteiger partial charge in [0.1, 0.15) is 17.3 Å². The predicted molar refractivity (Wildman–Crippen MR) is 170 cm³/mol. The molecule has 0 radical (unpaired) electrons. The third-order valence-corrected chi connectivity index (χ3v) is 7.59. The van der Waals surface area contributed by atoms with Crippen molar-refractivity contribution in [1.82, 2.24) is 15.0 Å². The summed E-state index contributed by atoms with van der Waals surface area (Å²) in [6, 6.07) is 23.6. The molecular weight excluding hydrogens is 536 g/mol. The zero-order valence-electron chi connectivity index (χ0n) is 25.0. The molecule has 0 spiro atoms. The molecule has 0 fully saturated rings. The van der Waals surface area contributed by atoms with Crippen LogP contribution in [0.5, 0.6) is 5.75 Å². The number of nitriles is 1. The van der Waals surface area contributed by atoms with Crippen LogP contribution in [0, 0.1) is 18.3 Å². The molecule has 8 nitrogen and oxygen atoms in total. The number of nitrogens with zero attached hydrogens (tertiary/aromatic N) is 5. The molecule has 0 unspecified atom stereocenters. The van der Waals surface area contributed by atoms with Gasteiger partial charge in [0.05, 0.1) is 24.1 Å². The Kier molecular flexibility index (Phi) is 8.35. The number of nitrogens with one attached hydrogen (secondary N) is 1. The SMILES string of the molecule is CCN(Cc1ccc(OC)cc1)c1cc2ncc(-c3cc(NC(=O)c4cc(C(C)(C)C#N)ccn4)ccc3C)cc2cn1. The highest BCUT2D eigenvalue weighted by atomic mass is 16.5. The number of ether oxygens (including phenoxy) is 1. The van der Waals surface area contributed by atoms with Gasteiger partial charge in [-0.15, -0.1) is 0 Å². The smallest absolute Gasteiger partial charge is 0.274 e. The summed E-state index contributed by atoms with van der Waals surface area (Å²) in [5, 5.41) is 13.4. The molecule has 1 N–H and O–H groups in total. The molecule has 0 aliphatic heterocycles. The van der Waals surface area contributed by atoms with E-state index < -0.39 is 5.41 Å². The van der Waals surface area contributed by atoms with Gasteiger partial charge in [-0.2, -0.15) is 5.26 Å². The van der Waals surface area contributed by atoms with Crippen LogP contribution in [0.1, 0.15) is 48.0 Å². The molecule has 5 aromatic rings. The van der Waals surface area contributed by atoms with E-state index in [0.717, 1.165) is 57.8 Å². The second kappa shape index (κ2) is 12.3. The first-order valence-corrected chi connectivity index (χ1v) is 14.1. The molecule has 0 saturated carbocycles. The van der Waals surface area contributed by atoms with Crippen molar-refractivity contribution < 1.29 is 9.53 Å². The largest absolute Gasteiger partial charge is 0.497 e. The van der Waals surface area contributed by atoms with Gasteiger partial charge in [0.15, 0.2) is 0 Å². The molecule has 0 bridgehead atoms. The van der Waals surface area contributed by atoms with Gasteiger partial charge in [-0.1, -0.05) is 18.2 Å². The topological polar surface area (TPSA) is 104 Å². The van der Waals surface area contributed by atoms with Gasteiger partial charge in [-0.3, -0.25) is 14.8 Å². The number of amides is 1. The molecule has 0 atom stereocenters. The first-order chi connectivity index (χ1) is 20.7. The Balaban J connectivity index is 1.37. The summed E-state index contributed by atoms with van der Waals surface area (Å²) in [6.45, 7) is 9.29. The van der Waals surface area contributed by atoms with Crippen LogP contribution in [-0.2, 0) is 12.0 Å². The van der Waals surface area contributed by atoms with Gasteiger partial charge in [0, 0.05) is 54.4 Å². The van der Waals surface area contributed by atoms with Gasteiger partial charge in [0.2, 0.25) is 0 Å². The Labute approximate surface area is 252 Å². The van der Waals surface area contributed by atoms with Crippen LogP contribution in [-0.4, -0.2) is 34.5 Å². The number of hydrogen-bond donors (Lipinski definition) is 1. The number of carbonyl (C=O) groups excluding carboxylic acids is 1. The first kappa shape index (κ1) is 29.2. The number of carbonyl (C=O) groups is 1. The van der Waals surface area contributed by atoms with Crippen LogP contribution < -0.4 is 15.0 Å². The van der Waals surface area contributed by atoms with Crippen LogP contribution in [0.4, 0.5) is 11.5 Å². The number of anilines is 2. The van der Waals surface area contributed by atoms with Crippen molar-refractivity contribution in [3.63, 3.8) is 0 Å². The van der Waals surface area contributed by atoms with Crippen LogP contribution in [0.2, 0.25) is 0 Å². The minimum absolute atomic E-state index is 0.255. The maximum absolute atomic E-state index is 13.1. The van der Waals surface area contributed by atoms with Gasteiger partial charge in [-0.05, 0) is 92.4 Å². The van der Waals surface area contributed by atoms with Gasteiger partial charge in [-0.25, -0.2) is 4.98 Å². The van der Waals surface area contributed by atoms with E-state index in [1.165, 1.54) is 5.56 Å². The normalized spacial score (nSPS) is 11.2. The van der Waals surface area contributed by atoms with Crippen molar-refractivity contribution in [2.24, 2.45) is 0 Å². The zero-order chi connectivity index (χ0) is 30.6. The van der Waals surface area contributed by atoms with E-state index in [1.54, 1.807) is 25.4 Å². The lowest BCUT2D eigenvalue weighted by Crippen LogP contribution is -2.23. The molecular formula is C35H34N6O2. The van der Waals surface area contributed by atoms with Crippen molar-refractivity contribution in [1.29, 1.82) is 5.26 Å². The second-order valence-electron chi connectivity index (χ2n) is 11.0. The van der Waals surface area contributed by atoms with Crippen molar-refractivity contribution in [2.45, 2.75) is 39.7 Å². The third-order valence-electron chi connectivity index (χ3n) is 7.59. The minimum Gasteiger partial charge on any atom is -0.497 e. The molecule has 3 heterocycles. The summed E-state index contributed by atoms with van der Waals surface area (Å²) in [7, 11) is 1.67. The Bertz CT molecular complexity index is 1830. The number of aromatic nitrogens is 3. The summed E-state index contributed by atoms with van der Waals surface area (Å²) >= 11 is 0. The van der Waals surface area contributed by atoms with E-state index in [1.807, 2.05) is 69.6 Å². The Morgan fingerprint density at radius 3 is 2.51 bits per heavy atom. The number of hydrogen-bond acceptors (Lipinski definition) is 7. The van der Waals surface area contributed by atoms with E-state index in [-0.39, 0.29) is 11.6 Å². The fraction of sp³-hybridized carbons (Fsp3) is 0.229. The predicted octanol–water partition coefficient (Wildman–Crippen LogP) is 7.09. The Hall–Kier alpha value is -5.29. The fourth-order valence-corrected chi connectivity index (χ4v) is 4.85. The standard InChI is InChI=1S/C35H34N6O2/c1-6-41(21-24-8-11-29(43-5)12-9-24)33-18-31-26(20-39-33)15-25(19-38-31)30-17-28(10-7-23(30)2)40-34(42)32-16-27(13-14-37-32)35(3,4)22-36/h7-20H,6,21H2,1-5H3,(H,40,42). The molecule has 8 heteroatoms. The number of fused-ring (bicyclic) bond motifs is 1. The van der Waals surface area contributed by atoms with Gasteiger partial charge in [0.25, 0.3) is 5.91 Å². The molecule has 216 valence electrons.